The van der Waals surface area contributed by atoms with Crippen molar-refractivity contribution in [1.29, 1.82) is 0 Å². The maximum Gasteiger partial charge on any atom is 0.227 e. The number of ether oxygens (including phenoxy) is 1. The summed E-state index contributed by atoms with van der Waals surface area (Å²) < 4.78 is 5.46. The molecule has 1 aliphatic rings. The molecular weight excluding hydrogens is 270 g/mol. The zero-order chi connectivity index (χ0) is 14.5. The number of carbonyl (C=O) groups excluding carboxylic acids is 1. The number of pyridine rings is 1. The van der Waals surface area contributed by atoms with Gasteiger partial charge in [0.05, 0.1) is 12.5 Å². The Morgan fingerprint density at radius 2 is 2.48 bits per heavy atom. The van der Waals surface area contributed by atoms with Crippen molar-refractivity contribution < 1.29 is 9.53 Å². The van der Waals surface area contributed by atoms with Crippen LogP contribution in [-0.2, 0) is 16.0 Å². The van der Waals surface area contributed by atoms with E-state index in [0.29, 0.717) is 18.2 Å². The SMILES string of the molecule is O=C(Cc1nc(-c2cccnc2)n[nH]1)NCC1CCCO1. The molecule has 0 bridgehead atoms. The van der Waals surface area contributed by atoms with E-state index in [1.54, 1.807) is 12.4 Å². The average Bonchev–Trinajstić information content (AvgIpc) is 3.17. The van der Waals surface area contributed by atoms with Crippen molar-refractivity contribution in [2.75, 3.05) is 13.2 Å². The number of hydrogen-bond acceptors (Lipinski definition) is 5. The second kappa shape index (κ2) is 6.45. The third-order valence-electron chi connectivity index (χ3n) is 3.33. The van der Waals surface area contributed by atoms with Gasteiger partial charge in [0.1, 0.15) is 5.82 Å². The van der Waals surface area contributed by atoms with Gasteiger partial charge in [-0.1, -0.05) is 0 Å². The molecule has 7 heteroatoms. The lowest BCUT2D eigenvalue weighted by Crippen LogP contribution is -2.33. The van der Waals surface area contributed by atoms with Crippen LogP contribution in [0.25, 0.3) is 11.4 Å². The van der Waals surface area contributed by atoms with Crippen molar-refractivity contribution in [2.45, 2.75) is 25.4 Å². The fourth-order valence-electron chi connectivity index (χ4n) is 2.25. The molecule has 1 unspecified atom stereocenters. The van der Waals surface area contributed by atoms with Gasteiger partial charge in [-0.3, -0.25) is 14.9 Å². The van der Waals surface area contributed by atoms with Gasteiger partial charge in [0.25, 0.3) is 0 Å². The zero-order valence-electron chi connectivity index (χ0n) is 11.6. The molecule has 0 aromatic carbocycles. The van der Waals surface area contributed by atoms with Gasteiger partial charge in [0.2, 0.25) is 5.91 Å². The molecule has 2 aromatic rings. The number of aromatic amines is 1. The maximum atomic E-state index is 11.8. The van der Waals surface area contributed by atoms with Crippen LogP contribution in [0, 0.1) is 0 Å². The van der Waals surface area contributed by atoms with Crippen LogP contribution in [0.4, 0.5) is 0 Å². The van der Waals surface area contributed by atoms with Gasteiger partial charge in [-0.25, -0.2) is 4.98 Å². The van der Waals surface area contributed by atoms with Crippen LogP contribution >= 0.6 is 0 Å². The summed E-state index contributed by atoms with van der Waals surface area (Å²) in [6.07, 6.45) is 5.78. The molecule has 1 aliphatic heterocycles. The van der Waals surface area contributed by atoms with E-state index in [4.69, 9.17) is 4.74 Å². The van der Waals surface area contributed by atoms with E-state index in [9.17, 15) is 4.79 Å². The van der Waals surface area contributed by atoms with Crippen molar-refractivity contribution in [3.63, 3.8) is 0 Å². The summed E-state index contributed by atoms with van der Waals surface area (Å²) in [5.41, 5.74) is 0.819. The normalized spacial score (nSPS) is 17.8. The summed E-state index contributed by atoms with van der Waals surface area (Å²) in [6.45, 7) is 1.35. The number of amides is 1. The number of nitrogens with zero attached hydrogens (tertiary/aromatic N) is 3. The smallest absolute Gasteiger partial charge is 0.227 e. The lowest BCUT2D eigenvalue weighted by Gasteiger charge is -2.09. The summed E-state index contributed by atoms with van der Waals surface area (Å²) in [6, 6.07) is 3.69. The average molecular weight is 287 g/mol. The lowest BCUT2D eigenvalue weighted by molar-refractivity contribution is -0.121. The van der Waals surface area contributed by atoms with Gasteiger partial charge in [-0.2, -0.15) is 5.10 Å². The first kappa shape index (κ1) is 13.7. The molecule has 110 valence electrons. The van der Waals surface area contributed by atoms with E-state index in [2.05, 4.69) is 25.5 Å². The van der Waals surface area contributed by atoms with Crippen LogP contribution in [-0.4, -0.2) is 45.3 Å². The molecule has 3 rings (SSSR count). The van der Waals surface area contributed by atoms with Crippen molar-refractivity contribution in [3.8, 4) is 11.4 Å². The van der Waals surface area contributed by atoms with Gasteiger partial charge < -0.3 is 10.1 Å². The Morgan fingerprint density at radius 1 is 1.52 bits per heavy atom. The van der Waals surface area contributed by atoms with Crippen molar-refractivity contribution in [2.24, 2.45) is 0 Å². The van der Waals surface area contributed by atoms with Crippen LogP contribution in [0.15, 0.2) is 24.5 Å². The minimum absolute atomic E-state index is 0.0839. The largest absolute Gasteiger partial charge is 0.376 e. The molecular formula is C14H17N5O2. The second-order valence-corrected chi connectivity index (χ2v) is 4.96. The van der Waals surface area contributed by atoms with Crippen LogP contribution < -0.4 is 5.32 Å². The summed E-state index contributed by atoms with van der Waals surface area (Å²) >= 11 is 0. The van der Waals surface area contributed by atoms with E-state index in [1.165, 1.54) is 0 Å². The minimum atomic E-state index is -0.0839. The molecule has 2 aromatic heterocycles. The highest BCUT2D eigenvalue weighted by Crippen LogP contribution is 2.12. The maximum absolute atomic E-state index is 11.8. The summed E-state index contributed by atoms with van der Waals surface area (Å²) in [4.78, 5) is 20.2. The van der Waals surface area contributed by atoms with Crippen LogP contribution in [0.3, 0.4) is 0 Å². The molecule has 7 nitrogen and oxygen atoms in total. The molecule has 1 fully saturated rings. The quantitative estimate of drug-likeness (QED) is 0.844. The highest BCUT2D eigenvalue weighted by atomic mass is 16.5. The van der Waals surface area contributed by atoms with Crippen molar-refractivity contribution in [1.82, 2.24) is 25.5 Å². The van der Waals surface area contributed by atoms with Gasteiger partial charge >= 0.3 is 0 Å². The number of aromatic nitrogens is 4. The Balaban J connectivity index is 1.53. The number of nitrogens with one attached hydrogen (secondary N) is 2. The number of carbonyl (C=O) groups is 1. The number of hydrogen-bond donors (Lipinski definition) is 2. The fourth-order valence-corrected chi connectivity index (χ4v) is 2.25. The lowest BCUT2D eigenvalue weighted by atomic mass is 10.2. The highest BCUT2D eigenvalue weighted by Gasteiger charge is 2.17. The van der Waals surface area contributed by atoms with Crippen LogP contribution in [0.5, 0.6) is 0 Å². The molecule has 0 spiro atoms. The van der Waals surface area contributed by atoms with E-state index >= 15 is 0 Å². The molecule has 3 heterocycles. The van der Waals surface area contributed by atoms with Gasteiger partial charge in [0, 0.05) is 31.1 Å². The first-order valence-electron chi connectivity index (χ1n) is 7.01. The fraction of sp³-hybridized carbons (Fsp3) is 0.429. The number of H-pyrrole nitrogens is 1. The topological polar surface area (TPSA) is 92.8 Å². The molecule has 1 amide bonds. The third-order valence-corrected chi connectivity index (χ3v) is 3.33. The Labute approximate surface area is 122 Å². The van der Waals surface area contributed by atoms with E-state index in [1.807, 2.05) is 12.1 Å². The predicted molar refractivity (Wildman–Crippen MR) is 75.3 cm³/mol. The Hall–Kier alpha value is -2.28. The van der Waals surface area contributed by atoms with Crippen LogP contribution in [0.2, 0.25) is 0 Å². The number of rotatable bonds is 5. The van der Waals surface area contributed by atoms with Gasteiger partial charge in [-0.15, -0.1) is 0 Å². The first-order chi connectivity index (χ1) is 10.3. The van der Waals surface area contributed by atoms with Crippen LogP contribution in [0.1, 0.15) is 18.7 Å². The Morgan fingerprint density at radius 3 is 3.24 bits per heavy atom. The zero-order valence-corrected chi connectivity index (χ0v) is 11.6. The molecule has 0 aliphatic carbocycles. The van der Waals surface area contributed by atoms with Gasteiger partial charge in [0.15, 0.2) is 5.82 Å². The molecule has 0 radical (unpaired) electrons. The predicted octanol–water partition coefficient (Wildman–Crippen LogP) is 0.704. The van der Waals surface area contributed by atoms with Crippen molar-refractivity contribution >= 4 is 5.91 Å². The molecule has 21 heavy (non-hydrogen) atoms. The summed E-state index contributed by atoms with van der Waals surface area (Å²) in [5, 5.41) is 9.74. The Kier molecular flexibility index (Phi) is 4.20. The molecule has 0 saturated carbocycles. The molecule has 1 saturated heterocycles. The first-order valence-corrected chi connectivity index (χ1v) is 7.01. The van der Waals surface area contributed by atoms with E-state index in [-0.39, 0.29) is 18.4 Å². The van der Waals surface area contributed by atoms with E-state index in [0.717, 1.165) is 25.0 Å². The molecule has 2 N–H and O–H groups in total. The highest BCUT2D eigenvalue weighted by molar-refractivity contribution is 5.77. The third kappa shape index (κ3) is 3.63. The summed E-state index contributed by atoms with van der Waals surface area (Å²) in [5.74, 6) is 1.00. The van der Waals surface area contributed by atoms with E-state index < -0.39 is 0 Å². The summed E-state index contributed by atoms with van der Waals surface area (Å²) in [7, 11) is 0. The molecule has 1 atom stereocenters. The standard InChI is InChI=1S/C14H17N5O2/c20-13(16-9-11-4-2-6-21-11)7-12-17-14(19-18-12)10-3-1-5-15-8-10/h1,3,5,8,11H,2,4,6-7,9H2,(H,16,20)(H,17,18,19). The minimum Gasteiger partial charge on any atom is -0.376 e. The monoisotopic (exact) mass is 287 g/mol. The van der Waals surface area contributed by atoms with Gasteiger partial charge in [-0.05, 0) is 25.0 Å². The second-order valence-electron chi connectivity index (χ2n) is 4.96. The van der Waals surface area contributed by atoms with Crippen molar-refractivity contribution in [3.05, 3.63) is 30.4 Å². The Bertz CT molecular complexity index is 592.